The Hall–Kier alpha value is -1.22. The molecule has 0 aliphatic carbocycles. The molecule has 2 nitrogen and oxygen atoms in total. The van der Waals surface area contributed by atoms with Crippen molar-refractivity contribution >= 4 is 23.2 Å². The molecular weight excluding hydrogens is 293 g/mol. The SMILES string of the molecule is COc1ccc(CC(CN)c2cccc(Cl)c2Cl)cc1. The van der Waals surface area contributed by atoms with Crippen LogP contribution in [0.25, 0.3) is 0 Å². The van der Waals surface area contributed by atoms with Crippen LogP contribution in [0.4, 0.5) is 0 Å². The molecule has 2 aromatic rings. The van der Waals surface area contributed by atoms with Gasteiger partial charge in [0.25, 0.3) is 0 Å². The van der Waals surface area contributed by atoms with Gasteiger partial charge in [0, 0.05) is 5.92 Å². The molecule has 0 fully saturated rings. The molecule has 0 aliphatic rings. The molecule has 0 bridgehead atoms. The van der Waals surface area contributed by atoms with Crippen molar-refractivity contribution in [3.05, 3.63) is 63.6 Å². The Labute approximate surface area is 129 Å². The molecule has 0 radical (unpaired) electrons. The van der Waals surface area contributed by atoms with Crippen molar-refractivity contribution in [3.8, 4) is 5.75 Å². The van der Waals surface area contributed by atoms with Crippen molar-refractivity contribution in [1.82, 2.24) is 0 Å². The summed E-state index contributed by atoms with van der Waals surface area (Å²) in [7, 11) is 1.66. The lowest BCUT2D eigenvalue weighted by molar-refractivity contribution is 0.414. The predicted molar refractivity (Wildman–Crippen MR) is 85.0 cm³/mol. The molecule has 0 aliphatic heterocycles. The molecule has 0 saturated carbocycles. The Kier molecular flexibility index (Phi) is 5.30. The smallest absolute Gasteiger partial charge is 0.118 e. The maximum Gasteiger partial charge on any atom is 0.118 e. The third kappa shape index (κ3) is 3.45. The van der Waals surface area contributed by atoms with E-state index < -0.39 is 0 Å². The molecule has 20 heavy (non-hydrogen) atoms. The number of rotatable bonds is 5. The van der Waals surface area contributed by atoms with Crippen LogP contribution in [-0.4, -0.2) is 13.7 Å². The fraction of sp³-hybridized carbons (Fsp3) is 0.250. The van der Waals surface area contributed by atoms with Gasteiger partial charge in [-0.3, -0.25) is 0 Å². The van der Waals surface area contributed by atoms with E-state index in [2.05, 4.69) is 0 Å². The van der Waals surface area contributed by atoms with E-state index in [0.29, 0.717) is 16.6 Å². The predicted octanol–water partition coefficient (Wildman–Crippen LogP) is 4.29. The lowest BCUT2D eigenvalue weighted by Gasteiger charge is -2.17. The minimum absolute atomic E-state index is 0.148. The van der Waals surface area contributed by atoms with E-state index >= 15 is 0 Å². The second-order valence-electron chi connectivity index (χ2n) is 4.63. The third-order valence-electron chi connectivity index (χ3n) is 3.35. The standard InChI is InChI=1S/C16H17Cl2NO/c1-20-13-7-5-11(6-8-13)9-12(10-19)14-3-2-4-15(17)16(14)18/h2-8,12H,9-10,19H2,1H3. The molecule has 1 atom stereocenters. The average molecular weight is 310 g/mol. The van der Waals surface area contributed by atoms with Crippen LogP contribution in [0.15, 0.2) is 42.5 Å². The Morgan fingerprint density at radius 2 is 1.80 bits per heavy atom. The van der Waals surface area contributed by atoms with Crippen LogP contribution < -0.4 is 10.5 Å². The van der Waals surface area contributed by atoms with E-state index in [1.807, 2.05) is 36.4 Å². The molecular formula is C16H17Cl2NO. The monoisotopic (exact) mass is 309 g/mol. The molecule has 4 heteroatoms. The lowest BCUT2D eigenvalue weighted by Crippen LogP contribution is -2.15. The first-order valence-electron chi connectivity index (χ1n) is 6.42. The van der Waals surface area contributed by atoms with Gasteiger partial charge in [-0.1, -0.05) is 47.5 Å². The fourth-order valence-electron chi connectivity index (χ4n) is 2.20. The van der Waals surface area contributed by atoms with Crippen LogP contribution in [0, 0.1) is 0 Å². The highest BCUT2D eigenvalue weighted by molar-refractivity contribution is 6.42. The molecule has 0 heterocycles. The van der Waals surface area contributed by atoms with Crippen molar-refractivity contribution in [2.24, 2.45) is 5.73 Å². The summed E-state index contributed by atoms with van der Waals surface area (Å²) in [5.41, 5.74) is 8.09. The maximum absolute atomic E-state index is 6.27. The Balaban J connectivity index is 2.21. The van der Waals surface area contributed by atoms with Gasteiger partial charge in [0.05, 0.1) is 17.2 Å². The number of benzene rings is 2. The largest absolute Gasteiger partial charge is 0.497 e. The summed E-state index contributed by atoms with van der Waals surface area (Å²) in [5, 5.41) is 1.16. The Morgan fingerprint density at radius 1 is 1.10 bits per heavy atom. The molecule has 0 saturated heterocycles. The Bertz CT molecular complexity index is 569. The van der Waals surface area contributed by atoms with Crippen molar-refractivity contribution < 1.29 is 4.74 Å². The number of nitrogens with two attached hydrogens (primary N) is 1. The molecule has 2 aromatic carbocycles. The number of halogens is 2. The Morgan fingerprint density at radius 3 is 2.40 bits per heavy atom. The van der Waals surface area contributed by atoms with Gasteiger partial charge < -0.3 is 10.5 Å². The second kappa shape index (κ2) is 6.98. The highest BCUT2D eigenvalue weighted by Crippen LogP contribution is 2.32. The first kappa shape index (κ1) is 15.2. The van der Waals surface area contributed by atoms with Crippen LogP contribution in [0.5, 0.6) is 5.75 Å². The number of ether oxygens (including phenoxy) is 1. The first-order valence-corrected chi connectivity index (χ1v) is 7.18. The van der Waals surface area contributed by atoms with E-state index in [0.717, 1.165) is 17.7 Å². The zero-order chi connectivity index (χ0) is 14.5. The minimum atomic E-state index is 0.148. The van der Waals surface area contributed by atoms with Crippen LogP contribution >= 0.6 is 23.2 Å². The van der Waals surface area contributed by atoms with Crippen molar-refractivity contribution in [1.29, 1.82) is 0 Å². The van der Waals surface area contributed by atoms with Crippen molar-refractivity contribution in [2.75, 3.05) is 13.7 Å². The lowest BCUT2D eigenvalue weighted by atomic mass is 9.92. The summed E-state index contributed by atoms with van der Waals surface area (Å²) >= 11 is 12.3. The van der Waals surface area contributed by atoms with Crippen molar-refractivity contribution in [3.63, 3.8) is 0 Å². The zero-order valence-corrected chi connectivity index (χ0v) is 12.8. The summed E-state index contributed by atoms with van der Waals surface area (Å²) in [4.78, 5) is 0. The van der Waals surface area contributed by atoms with E-state index in [1.54, 1.807) is 13.2 Å². The van der Waals surface area contributed by atoms with E-state index in [-0.39, 0.29) is 5.92 Å². The molecule has 0 aromatic heterocycles. The summed E-state index contributed by atoms with van der Waals surface area (Å²) in [6.07, 6.45) is 0.820. The highest BCUT2D eigenvalue weighted by Gasteiger charge is 2.15. The van der Waals surface area contributed by atoms with Crippen LogP contribution in [0.1, 0.15) is 17.0 Å². The molecule has 0 spiro atoms. The third-order valence-corrected chi connectivity index (χ3v) is 4.18. The van der Waals surface area contributed by atoms with Crippen molar-refractivity contribution in [2.45, 2.75) is 12.3 Å². The quantitative estimate of drug-likeness (QED) is 0.894. The topological polar surface area (TPSA) is 35.2 Å². The van der Waals surface area contributed by atoms with E-state index in [1.165, 1.54) is 5.56 Å². The number of hydrogen-bond donors (Lipinski definition) is 1. The number of hydrogen-bond acceptors (Lipinski definition) is 2. The summed E-state index contributed by atoms with van der Waals surface area (Å²) in [6.45, 7) is 0.520. The van der Waals surface area contributed by atoms with Gasteiger partial charge in [-0.05, 0) is 42.3 Å². The minimum Gasteiger partial charge on any atom is -0.497 e. The first-order chi connectivity index (χ1) is 9.65. The normalized spacial score (nSPS) is 12.2. The highest BCUT2D eigenvalue weighted by atomic mass is 35.5. The second-order valence-corrected chi connectivity index (χ2v) is 5.41. The summed E-state index contributed by atoms with van der Waals surface area (Å²) < 4.78 is 5.16. The van der Waals surface area contributed by atoms with Crippen LogP contribution in [0.3, 0.4) is 0 Å². The number of methoxy groups -OCH3 is 1. The molecule has 2 rings (SSSR count). The maximum atomic E-state index is 6.27. The fourth-order valence-corrected chi connectivity index (χ4v) is 2.66. The van der Waals surface area contributed by atoms with E-state index in [9.17, 15) is 0 Å². The molecule has 106 valence electrons. The van der Waals surface area contributed by atoms with Gasteiger partial charge in [0.2, 0.25) is 0 Å². The summed E-state index contributed by atoms with van der Waals surface area (Å²) in [6, 6.07) is 13.6. The molecule has 1 unspecified atom stereocenters. The van der Waals surface area contributed by atoms with Gasteiger partial charge in [0.15, 0.2) is 0 Å². The molecule has 2 N–H and O–H groups in total. The zero-order valence-electron chi connectivity index (χ0n) is 11.3. The molecule has 0 amide bonds. The van der Waals surface area contributed by atoms with Gasteiger partial charge in [-0.2, -0.15) is 0 Å². The van der Waals surface area contributed by atoms with Gasteiger partial charge in [0.1, 0.15) is 5.75 Å². The van der Waals surface area contributed by atoms with Gasteiger partial charge in [-0.15, -0.1) is 0 Å². The average Bonchev–Trinajstić information content (AvgIpc) is 2.48. The van der Waals surface area contributed by atoms with Gasteiger partial charge in [-0.25, -0.2) is 0 Å². The van der Waals surface area contributed by atoms with Crippen LogP contribution in [-0.2, 0) is 6.42 Å². The van der Waals surface area contributed by atoms with Crippen LogP contribution in [0.2, 0.25) is 10.0 Å². The van der Waals surface area contributed by atoms with Gasteiger partial charge >= 0.3 is 0 Å². The van der Waals surface area contributed by atoms with E-state index in [4.69, 9.17) is 33.7 Å². The summed E-state index contributed by atoms with van der Waals surface area (Å²) in [5.74, 6) is 0.994.